The van der Waals surface area contributed by atoms with Crippen LogP contribution in [0.15, 0.2) is 24.3 Å². The summed E-state index contributed by atoms with van der Waals surface area (Å²) in [6.45, 7) is 2.59. The maximum absolute atomic E-state index is 13.0. The average Bonchev–Trinajstić information content (AvgIpc) is 3.28. The summed E-state index contributed by atoms with van der Waals surface area (Å²) in [5.74, 6) is -0.0120. The number of likely N-dealkylation sites (tertiary alicyclic amines) is 2. The summed E-state index contributed by atoms with van der Waals surface area (Å²) in [7, 11) is 0. The molecular weight excluding hydrogens is 467 g/mol. The lowest BCUT2D eigenvalue weighted by Gasteiger charge is -2.54. The average molecular weight is 498 g/mol. The van der Waals surface area contributed by atoms with E-state index < -0.39 is 12.5 Å². The van der Waals surface area contributed by atoms with Gasteiger partial charge in [-0.2, -0.15) is 5.53 Å². The van der Waals surface area contributed by atoms with E-state index in [1.54, 1.807) is 4.90 Å². The molecular formula is C23H30F3N5O4. The molecule has 5 rings (SSSR count). The lowest BCUT2D eigenvalue weighted by molar-refractivity contribution is -0.274. The van der Waals surface area contributed by atoms with Gasteiger partial charge in [-0.15, -0.1) is 13.2 Å². The van der Waals surface area contributed by atoms with Crippen molar-refractivity contribution in [2.75, 3.05) is 26.2 Å². The van der Waals surface area contributed by atoms with Gasteiger partial charge in [0.05, 0.1) is 0 Å². The highest BCUT2D eigenvalue weighted by atomic mass is 19.4. The van der Waals surface area contributed by atoms with Crippen molar-refractivity contribution in [3.8, 4) is 5.75 Å². The highest BCUT2D eigenvalue weighted by Gasteiger charge is 2.49. The Morgan fingerprint density at radius 2 is 1.69 bits per heavy atom. The number of halogens is 3. The third kappa shape index (κ3) is 5.49. The van der Waals surface area contributed by atoms with Crippen molar-refractivity contribution in [3.05, 3.63) is 29.8 Å². The van der Waals surface area contributed by atoms with Gasteiger partial charge < -0.3 is 19.3 Å². The fourth-order valence-electron chi connectivity index (χ4n) is 5.64. The lowest BCUT2D eigenvalue weighted by atomic mass is 9.71. The number of nitrogens with zero attached hydrogens (tertiary/aromatic N) is 2. The molecule has 3 heterocycles. The molecule has 1 saturated carbocycles. The van der Waals surface area contributed by atoms with Crippen molar-refractivity contribution in [2.24, 2.45) is 11.3 Å². The van der Waals surface area contributed by atoms with E-state index in [1.165, 1.54) is 24.3 Å². The van der Waals surface area contributed by atoms with E-state index in [0.717, 1.165) is 45.2 Å². The zero-order valence-electron chi connectivity index (χ0n) is 19.3. The number of amides is 2. The highest BCUT2D eigenvalue weighted by molar-refractivity contribution is 5.80. The Hall–Kier alpha value is -2.57. The largest absolute Gasteiger partial charge is 0.573 e. The van der Waals surface area contributed by atoms with E-state index in [1.807, 2.05) is 4.90 Å². The predicted octanol–water partition coefficient (Wildman–Crippen LogP) is 2.30. The van der Waals surface area contributed by atoms with E-state index in [4.69, 9.17) is 4.74 Å². The van der Waals surface area contributed by atoms with Crippen molar-refractivity contribution >= 4 is 12.0 Å². The molecule has 9 nitrogen and oxygen atoms in total. The van der Waals surface area contributed by atoms with Crippen molar-refractivity contribution in [3.63, 3.8) is 0 Å². The predicted molar refractivity (Wildman–Crippen MR) is 117 cm³/mol. The first-order chi connectivity index (χ1) is 16.7. The minimum absolute atomic E-state index is 0.0296. The first-order valence-corrected chi connectivity index (χ1v) is 12.0. The van der Waals surface area contributed by atoms with Gasteiger partial charge in [-0.25, -0.2) is 15.6 Å². The van der Waals surface area contributed by atoms with Crippen molar-refractivity contribution in [1.82, 2.24) is 26.2 Å². The topological polar surface area (TPSA) is 95.2 Å². The normalized spacial score (nSPS) is 27.8. The van der Waals surface area contributed by atoms with Crippen LogP contribution in [0.4, 0.5) is 18.0 Å². The number of alkyl halides is 3. The molecule has 1 aromatic carbocycles. The molecule has 3 saturated heterocycles. The van der Waals surface area contributed by atoms with Gasteiger partial charge in [-0.05, 0) is 49.8 Å². The number of fused-ring (bicyclic) bond motifs is 1. The summed E-state index contributed by atoms with van der Waals surface area (Å²) in [5.41, 5.74) is 9.99. The first kappa shape index (κ1) is 24.1. The zero-order chi connectivity index (χ0) is 24.6. The molecule has 0 aromatic heterocycles. The number of piperidine rings is 1. The molecule has 0 radical (unpaired) electrons. The summed E-state index contributed by atoms with van der Waals surface area (Å²) in [6.07, 6.45) is -0.831. The molecule has 12 heteroatoms. The van der Waals surface area contributed by atoms with Crippen LogP contribution in [0, 0.1) is 11.3 Å². The number of nitrogens with one attached hydrogen (secondary N) is 3. The Kier molecular flexibility index (Phi) is 6.53. The Bertz CT molecular complexity index is 928. The number of ether oxygens (including phenoxy) is 2. The van der Waals surface area contributed by atoms with Gasteiger partial charge in [0.1, 0.15) is 12.4 Å². The molecule has 1 spiro atoms. The number of hydrogen-bond donors (Lipinski definition) is 3. The van der Waals surface area contributed by atoms with Crippen LogP contribution in [-0.4, -0.2) is 66.4 Å². The zero-order valence-corrected chi connectivity index (χ0v) is 19.3. The smallest absolute Gasteiger partial charge is 0.445 e. The summed E-state index contributed by atoms with van der Waals surface area (Å²) >= 11 is 0. The second kappa shape index (κ2) is 9.47. The third-order valence-electron chi connectivity index (χ3n) is 7.68. The molecule has 3 unspecified atom stereocenters. The molecule has 0 bridgehead atoms. The molecule has 2 amide bonds. The second-order valence-electron chi connectivity index (χ2n) is 10.1. The van der Waals surface area contributed by atoms with Crippen LogP contribution in [0.1, 0.15) is 37.7 Å². The number of carbonyl (C=O) groups is 2. The van der Waals surface area contributed by atoms with Gasteiger partial charge in [-0.3, -0.25) is 4.79 Å². The van der Waals surface area contributed by atoms with Gasteiger partial charge in [0.25, 0.3) is 0 Å². The van der Waals surface area contributed by atoms with Crippen LogP contribution in [0.5, 0.6) is 5.75 Å². The summed E-state index contributed by atoms with van der Waals surface area (Å²) < 4.78 is 45.9. The number of carbonyl (C=O) groups excluding carboxylic acids is 2. The quantitative estimate of drug-likeness (QED) is 0.588. The molecule has 4 aliphatic rings. The van der Waals surface area contributed by atoms with Gasteiger partial charge in [0.15, 0.2) is 0 Å². The highest BCUT2D eigenvalue weighted by Crippen LogP contribution is 2.42. The third-order valence-corrected chi connectivity index (χ3v) is 7.68. The molecule has 4 fully saturated rings. The molecule has 3 aliphatic heterocycles. The molecule has 35 heavy (non-hydrogen) atoms. The van der Waals surface area contributed by atoms with Crippen molar-refractivity contribution < 1.29 is 32.2 Å². The van der Waals surface area contributed by atoms with Gasteiger partial charge in [0.2, 0.25) is 5.91 Å². The maximum atomic E-state index is 13.0. The van der Waals surface area contributed by atoms with Crippen LogP contribution in [0.25, 0.3) is 0 Å². The fourth-order valence-corrected chi connectivity index (χ4v) is 5.64. The fraction of sp³-hybridized carbons (Fsp3) is 0.652. The van der Waals surface area contributed by atoms with Crippen molar-refractivity contribution in [2.45, 2.75) is 57.2 Å². The number of hydrazine groups is 2. The van der Waals surface area contributed by atoms with E-state index in [-0.39, 0.29) is 35.6 Å². The standard InChI is InChI=1S/C23H30F3N5O4/c24-23(25,26)35-17-4-1-15(2-5-17)12-34-21(33)30-9-7-22(8-10-30)13-31(14-22)20(32)16-3-6-18-19(11-16)28-29-27-18/h1-2,4-5,16,18-19,27-29H,3,6-14H2. The van der Waals surface area contributed by atoms with Crippen LogP contribution in [0.2, 0.25) is 0 Å². The molecule has 3 N–H and O–H groups in total. The Labute approximate surface area is 201 Å². The molecule has 3 atom stereocenters. The Morgan fingerprint density at radius 1 is 1.00 bits per heavy atom. The van der Waals surface area contributed by atoms with E-state index in [2.05, 4.69) is 21.1 Å². The first-order valence-electron chi connectivity index (χ1n) is 12.0. The number of benzene rings is 1. The van der Waals surface area contributed by atoms with E-state index in [9.17, 15) is 22.8 Å². The van der Waals surface area contributed by atoms with Gasteiger partial charge >= 0.3 is 12.5 Å². The van der Waals surface area contributed by atoms with Crippen molar-refractivity contribution in [1.29, 1.82) is 0 Å². The number of rotatable bonds is 4. The Balaban J connectivity index is 1.03. The SMILES string of the molecule is O=C(OCc1ccc(OC(F)(F)F)cc1)N1CCC2(CC1)CN(C(=O)C1CCC3NNNC3C1)C2. The number of hydrogen-bond acceptors (Lipinski definition) is 7. The van der Waals surface area contributed by atoms with Crippen LogP contribution in [-0.2, 0) is 16.1 Å². The molecule has 1 aromatic rings. The monoisotopic (exact) mass is 497 g/mol. The van der Waals surface area contributed by atoms with E-state index in [0.29, 0.717) is 24.7 Å². The van der Waals surface area contributed by atoms with Crippen LogP contribution < -0.4 is 21.1 Å². The molecule has 1 aliphatic carbocycles. The van der Waals surface area contributed by atoms with Crippen LogP contribution >= 0.6 is 0 Å². The lowest BCUT2D eigenvalue weighted by Crippen LogP contribution is -2.63. The summed E-state index contributed by atoms with van der Waals surface area (Å²) in [6, 6.07) is 5.91. The van der Waals surface area contributed by atoms with Gasteiger partial charge in [-0.1, -0.05) is 12.1 Å². The van der Waals surface area contributed by atoms with E-state index >= 15 is 0 Å². The second-order valence-corrected chi connectivity index (χ2v) is 10.1. The summed E-state index contributed by atoms with van der Waals surface area (Å²) in [4.78, 5) is 29.1. The van der Waals surface area contributed by atoms with Gasteiger partial charge in [0, 0.05) is 49.6 Å². The summed E-state index contributed by atoms with van der Waals surface area (Å²) in [5, 5.41) is 0. The minimum Gasteiger partial charge on any atom is -0.445 e. The minimum atomic E-state index is -4.74. The maximum Gasteiger partial charge on any atom is 0.573 e. The molecule has 192 valence electrons. The van der Waals surface area contributed by atoms with Crippen LogP contribution in [0.3, 0.4) is 0 Å². The Morgan fingerprint density at radius 3 is 2.37 bits per heavy atom.